The van der Waals surface area contributed by atoms with Crippen LogP contribution in [0.2, 0.25) is 5.15 Å². The van der Waals surface area contributed by atoms with Crippen LogP contribution in [0.15, 0.2) is 46.5 Å². The van der Waals surface area contributed by atoms with Crippen LogP contribution < -0.4 is 11.2 Å². The summed E-state index contributed by atoms with van der Waals surface area (Å²) in [7, 11) is 1.74. The van der Waals surface area contributed by atoms with E-state index in [4.69, 9.17) is 16.9 Å². The van der Waals surface area contributed by atoms with Gasteiger partial charge in [-0.3, -0.25) is 19.0 Å². The first-order valence-electron chi connectivity index (χ1n) is 9.95. The first-order chi connectivity index (χ1) is 15.9. The Morgan fingerprint density at radius 1 is 1.18 bits per heavy atom. The lowest BCUT2D eigenvalue weighted by Crippen LogP contribution is -2.38. The first-order valence-corrected chi connectivity index (χ1v) is 11.1. The predicted molar refractivity (Wildman–Crippen MR) is 127 cm³/mol. The number of nitrogens with zero attached hydrogens (tertiary/aromatic N) is 7. The number of thiophene rings is 1. The molecule has 0 radical (unpaired) electrons. The molecule has 0 N–H and O–H groups in total. The van der Waals surface area contributed by atoms with Crippen LogP contribution in [-0.4, -0.2) is 28.9 Å². The number of halogens is 1. The van der Waals surface area contributed by atoms with Gasteiger partial charge in [0.05, 0.1) is 41.6 Å². The van der Waals surface area contributed by atoms with Crippen LogP contribution in [0.1, 0.15) is 12.0 Å². The molecule has 5 rings (SSSR count). The summed E-state index contributed by atoms with van der Waals surface area (Å²) < 4.78 is 4.53. The molecule has 0 spiro atoms. The second-order valence-electron chi connectivity index (χ2n) is 7.52. The van der Waals surface area contributed by atoms with Crippen LogP contribution in [-0.2, 0) is 13.6 Å². The fourth-order valence-electron chi connectivity index (χ4n) is 3.87. The van der Waals surface area contributed by atoms with Crippen LogP contribution in [0.3, 0.4) is 0 Å². The maximum absolute atomic E-state index is 13.6. The van der Waals surface area contributed by atoms with Crippen molar-refractivity contribution in [2.75, 3.05) is 0 Å². The molecule has 0 bridgehead atoms. The zero-order chi connectivity index (χ0) is 23.3. The molecule has 11 heteroatoms. The molecule has 0 amide bonds. The molecule has 0 unspecified atom stereocenters. The first kappa shape index (κ1) is 21.1. The molecule has 164 valence electrons. The third-order valence-electron chi connectivity index (χ3n) is 5.37. The van der Waals surface area contributed by atoms with Crippen molar-refractivity contribution in [1.29, 1.82) is 5.26 Å². The average molecular weight is 478 g/mol. The van der Waals surface area contributed by atoms with Gasteiger partial charge in [0.25, 0.3) is 5.56 Å². The highest BCUT2D eigenvalue weighted by atomic mass is 35.5. The van der Waals surface area contributed by atoms with E-state index < -0.39 is 11.2 Å². The smallest absolute Gasteiger partial charge is 0.291 e. The van der Waals surface area contributed by atoms with Crippen LogP contribution >= 0.6 is 22.9 Å². The van der Waals surface area contributed by atoms with E-state index >= 15 is 0 Å². The molecule has 0 aliphatic heterocycles. The highest BCUT2D eigenvalue weighted by molar-refractivity contribution is 7.22. The van der Waals surface area contributed by atoms with E-state index in [9.17, 15) is 9.59 Å². The fourth-order valence-corrected chi connectivity index (χ4v) is 5.24. The predicted octanol–water partition coefficient (Wildman–Crippen LogP) is 3.43. The van der Waals surface area contributed by atoms with Gasteiger partial charge < -0.3 is 0 Å². The molecular weight excluding hydrogens is 462 g/mol. The summed E-state index contributed by atoms with van der Waals surface area (Å²) >= 11 is 7.57. The molecule has 0 aliphatic carbocycles. The number of aromatic nitrogens is 6. The van der Waals surface area contributed by atoms with Gasteiger partial charge in [0.1, 0.15) is 9.85 Å². The standard InChI is InChI=1S/C22H16ClN7O2S/c1-12-6-14(20(23)26-8-12)17-7-15-19(33-17)21(31)30(22(32)29(15)5-3-4-24)16-11-25-9-13-10-27-28(2)18(13)16/h6-11H,3,5H2,1-2H3. The van der Waals surface area contributed by atoms with E-state index in [0.717, 1.165) is 10.1 Å². The van der Waals surface area contributed by atoms with Crippen LogP contribution in [0.25, 0.3) is 37.2 Å². The molecule has 33 heavy (non-hydrogen) atoms. The fraction of sp³-hybridized carbons (Fsp3) is 0.182. The zero-order valence-corrected chi connectivity index (χ0v) is 19.2. The molecular formula is C22H16ClN7O2S. The van der Waals surface area contributed by atoms with E-state index in [1.807, 2.05) is 13.0 Å². The van der Waals surface area contributed by atoms with Crippen molar-refractivity contribution < 1.29 is 0 Å². The third-order valence-corrected chi connectivity index (χ3v) is 6.82. The number of aryl methyl sites for hydroxylation is 3. The van der Waals surface area contributed by atoms with E-state index in [1.54, 1.807) is 36.4 Å². The molecule has 5 aromatic heterocycles. The third kappa shape index (κ3) is 3.33. The topological polar surface area (TPSA) is 111 Å². The van der Waals surface area contributed by atoms with Gasteiger partial charge in [0, 0.05) is 41.8 Å². The van der Waals surface area contributed by atoms with Gasteiger partial charge in [0.2, 0.25) is 0 Å². The maximum Gasteiger partial charge on any atom is 0.336 e. The zero-order valence-electron chi connectivity index (χ0n) is 17.6. The van der Waals surface area contributed by atoms with E-state index in [1.165, 1.54) is 22.1 Å². The van der Waals surface area contributed by atoms with Crippen LogP contribution in [0.4, 0.5) is 0 Å². The SMILES string of the molecule is Cc1cnc(Cl)c(-c2cc3c(s2)c(=O)n(-c2cncc4cnn(C)c24)c(=O)n3CCC#N)c1. The highest BCUT2D eigenvalue weighted by Gasteiger charge is 2.21. The molecule has 0 aromatic carbocycles. The van der Waals surface area contributed by atoms with Gasteiger partial charge >= 0.3 is 5.69 Å². The molecule has 0 saturated carbocycles. The number of hydrogen-bond acceptors (Lipinski definition) is 7. The molecule has 0 aliphatic rings. The Hall–Kier alpha value is -3.81. The van der Waals surface area contributed by atoms with Gasteiger partial charge in [0.15, 0.2) is 0 Å². The maximum atomic E-state index is 13.6. The monoisotopic (exact) mass is 477 g/mol. The number of rotatable bonds is 4. The van der Waals surface area contributed by atoms with Gasteiger partial charge in [-0.1, -0.05) is 11.6 Å². The second-order valence-corrected chi connectivity index (χ2v) is 8.93. The summed E-state index contributed by atoms with van der Waals surface area (Å²) in [5.41, 5.74) is 1.99. The molecule has 9 nitrogen and oxygen atoms in total. The average Bonchev–Trinajstić information content (AvgIpc) is 3.40. The Labute approximate surface area is 195 Å². The summed E-state index contributed by atoms with van der Waals surface area (Å²) in [5.74, 6) is 0. The largest absolute Gasteiger partial charge is 0.336 e. The molecule has 0 atom stereocenters. The van der Waals surface area contributed by atoms with Crippen molar-refractivity contribution in [1.82, 2.24) is 28.9 Å². The van der Waals surface area contributed by atoms with Crippen molar-refractivity contribution in [2.45, 2.75) is 19.9 Å². The Bertz CT molecular complexity index is 1720. The van der Waals surface area contributed by atoms with Crippen molar-refractivity contribution in [3.63, 3.8) is 0 Å². The molecule has 0 fully saturated rings. The summed E-state index contributed by atoms with van der Waals surface area (Å²) in [5, 5.41) is 14.4. The number of hydrogen-bond donors (Lipinski definition) is 0. The quantitative estimate of drug-likeness (QED) is 0.366. The lowest BCUT2D eigenvalue weighted by molar-refractivity contribution is 0.662. The number of fused-ring (bicyclic) bond motifs is 2. The number of nitriles is 1. The minimum Gasteiger partial charge on any atom is -0.291 e. The Morgan fingerprint density at radius 3 is 2.79 bits per heavy atom. The lowest BCUT2D eigenvalue weighted by Gasteiger charge is -2.12. The molecule has 5 aromatic rings. The van der Waals surface area contributed by atoms with Gasteiger partial charge in [-0.2, -0.15) is 10.4 Å². The Balaban J connectivity index is 1.88. The Morgan fingerprint density at radius 2 is 2.00 bits per heavy atom. The van der Waals surface area contributed by atoms with Crippen molar-refractivity contribution >= 4 is 44.1 Å². The summed E-state index contributed by atoms with van der Waals surface area (Å²) in [6.45, 7) is 2.04. The second kappa shape index (κ2) is 7.95. The van der Waals surface area contributed by atoms with Gasteiger partial charge in [-0.05, 0) is 24.6 Å². The van der Waals surface area contributed by atoms with E-state index in [2.05, 4.69) is 21.1 Å². The minimum absolute atomic E-state index is 0.110. The van der Waals surface area contributed by atoms with Crippen LogP contribution in [0.5, 0.6) is 0 Å². The molecule has 5 heterocycles. The minimum atomic E-state index is -0.545. The van der Waals surface area contributed by atoms with Gasteiger partial charge in [-0.25, -0.2) is 14.3 Å². The summed E-state index contributed by atoms with van der Waals surface area (Å²) in [6.07, 6.45) is 6.50. The van der Waals surface area contributed by atoms with E-state index in [0.29, 0.717) is 42.4 Å². The van der Waals surface area contributed by atoms with Crippen LogP contribution in [0, 0.1) is 18.3 Å². The van der Waals surface area contributed by atoms with Crippen molar-refractivity contribution in [2.24, 2.45) is 7.05 Å². The Kier molecular flexibility index (Phi) is 5.08. The summed E-state index contributed by atoms with van der Waals surface area (Å²) in [4.78, 5) is 36.3. The lowest BCUT2D eigenvalue weighted by atomic mass is 10.2. The van der Waals surface area contributed by atoms with E-state index in [-0.39, 0.29) is 13.0 Å². The normalized spacial score (nSPS) is 11.3. The molecule has 0 saturated heterocycles. The van der Waals surface area contributed by atoms with Gasteiger partial charge in [-0.15, -0.1) is 11.3 Å². The highest BCUT2D eigenvalue weighted by Crippen LogP contribution is 2.35. The van der Waals surface area contributed by atoms with Crippen molar-refractivity contribution in [3.8, 4) is 22.2 Å². The number of pyridine rings is 2. The summed E-state index contributed by atoms with van der Waals surface area (Å²) in [6, 6.07) is 5.72. The van der Waals surface area contributed by atoms with Crippen molar-refractivity contribution in [3.05, 3.63) is 68.5 Å².